The number of hydrogen-bond acceptors (Lipinski definition) is 9. The van der Waals surface area contributed by atoms with Crippen molar-refractivity contribution >= 4 is 22.2 Å². The number of amidine groups is 1. The minimum absolute atomic E-state index is 0.00441. The summed E-state index contributed by atoms with van der Waals surface area (Å²) in [4.78, 5) is 10.2. The van der Waals surface area contributed by atoms with Crippen molar-refractivity contribution in [1.82, 2.24) is 20.5 Å². The van der Waals surface area contributed by atoms with Crippen LogP contribution < -0.4 is 22.1 Å². The second-order valence-corrected chi connectivity index (χ2v) is 8.19. The molecular weight excluding hydrogens is 428 g/mol. The van der Waals surface area contributed by atoms with Gasteiger partial charge in [-0.25, -0.2) is 13.8 Å². The highest BCUT2D eigenvalue weighted by atomic mass is 32.1. The van der Waals surface area contributed by atoms with Crippen LogP contribution in [0.3, 0.4) is 0 Å². The number of β-amino-alcohol motifs (C(OH)–C–C–N with tert-alkyl or cyclic N) is 1. The molecule has 31 heavy (non-hydrogen) atoms. The standard InChI is InChI=1S/C19H25F2N7O2S/c1-19(30)9-28(7-6-25-19)16(24-2)12(8-22)26-17(29)14-15(23)31-18(27-14)13-10(20)4-3-5-11(13)21/h3-5,8,17,25-26,29-30H,6-7,9,22-23H2,1-2H3/b12-8+,24-16?. The molecule has 0 radical (unpaired) electrons. The van der Waals surface area contributed by atoms with Gasteiger partial charge in [0.2, 0.25) is 0 Å². The number of halogens is 2. The molecule has 2 unspecified atom stereocenters. The second kappa shape index (κ2) is 9.14. The zero-order valence-electron chi connectivity index (χ0n) is 17.1. The number of aliphatic hydroxyl groups is 2. The summed E-state index contributed by atoms with van der Waals surface area (Å²) < 4.78 is 28.2. The summed E-state index contributed by atoms with van der Waals surface area (Å²) >= 11 is 0.855. The molecule has 3 rings (SSSR count). The summed E-state index contributed by atoms with van der Waals surface area (Å²) in [6.07, 6.45) is -0.197. The van der Waals surface area contributed by atoms with Crippen LogP contribution in [0.15, 0.2) is 35.1 Å². The van der Waals surface area contributed by atoms with E-state index in [0.717, 1.165) is 23.5 Å². The largest absolute Gasteiger partial charge is 0.403 e. The van der Waals surface area contributed by atoms with Crippen LogP contribution in [0.4, 0.5) is 13.8 Å². The van der Waals surface area contributed by atoms with Gasteiger partial charge in [0.25, 0.3) is 0 Å². The molecule has 2 atom stereocenters. The van der Waals surface area contributed by atoms with E-state index in [1.54, 1.807) is 18.9 Å². The highest BCUT2D eigenvalue weighted by molar-refractivity contribution is 7.18. The van der Waals surface area contributed by atoms with Crippen molar-refractivity contribution < 1.29 is 19.0 Å². The number of nitrogen functional groups attached to an aromatic ring is 1. The van der Waals surface area contributed by atoms with Gasteiger partial charge in [0.05, 0.1) is 17.8 Å². The molecule has 1 saturated heterocycles. The Morgan fingerprint density at radius 3 is 2.71 bits per heavy atom. The minimum atomic E-state index is -1.42. The number of aromatic nitrogens is 1. The molecule has 0 spiro atoms. The Labute approximate surface area is 182 Å². The van der Waals surface area contributed by atoms with Crippen LogP contribution in [0.25, 0.3) is 10.6 Å². The van der Waals surface area contributed by atoms with Gasteiger partial charge >= 0.3 is 0 Å². The van der Waals surface area contributed by atoms with E-state index < -0.39 is 23.6 Å². The third kappa shape index (κ3) is 4.93. The van der Waals surface area contributed by atoms with Gasteiger partial charge in [0.15, 0.2) is 6.23 Å². The molecule has 0 amide bonds. The lowest BCUT2D eigenvalue weighted by atomic mass is 10.1. The molecule has 2 aromatic rings. The van der Waals surface area contributed by atoms with Crippen LogP contribution in [0.1, 0.15) is 18.8 Å². The van der Waals surface area contributed by atoms with Crippen LogP contribution in [-0.4, -0.2) is 58.3 Å². The van der Waals surface area contributed by atoms with Gasteiger partial charge in [-0.3, -0.25) is 10.3 Å². The van der Waals surface area contributed by atoms with Crippen molar-refractivity contribution in [2.45, 2.75) is 18.9 Å². The maximum Gasteiger partial charge on any atom is 0.171 e. The molecule has 1 aliphatic rings. The number of nitrogens with one attached hydrogen (secondary N) is 2. The number of nitrogens with zero attached hydrogens (tertiary/aromatic N) is 3. The number of rotatable bonds is 5. The number of aliphatic imine (C=N–C) groups is 1. The molecule has 1 aliphatic heterocycles. The Morgan fingerprint density at radius 2 is 2.13 bits per heavy atom. The van der Waals surface area contributed by atoms with Gasteiger partial charge in [-0.05, 0) is 19.1 Å². The van der Waals surface area contributed by atoms with E-state index in [1.165, 1.54) is 12.3 Å². The number of aliphatic hydroxyl groups excluding tert-OH is 1. The molecule has 2 heterocycles. The fourth-order valence-corrected chi connectivity index (χ4v) is 4.24. The summed E-state index contributed by atoms with van der Waals surface area (Å²) in [7, 11) is 1.56. The Kier molecular flexibility index (Phi) is 6.74. The van der Waals surface area contributed by atoms with Crippen LogP contribution in [0.2, 0.25) is 0 Å². The summed E-state index contributed by atoms with van der Waals surface area (Å²) in [6, 6.07) is 3.48. The number of benzene rings is 1. The quantitative estimate of drug-likeness (QED) is 0.220. The monoisotopic (exact) mass is 453 g/mol. The molecule has 12 heteroatoms. The number of nitrogens with two attached hydrogens (primary N) is 2. The third-order valence-corrected chi connectivity index (χ3v) is 5.63. The molecule has 168 valence electrons. The average molecular weight is 454 g/mol. The molecule has 9 nitrogen and oxygen atoms in total. The average Bonchev–Trinajstić information content (AvgIpc) is 3.08. The topological polar surface area (TPSA) is 145 Å². The first-order chi connectivity index (χ1) is 14.7. The van der Waals surface area contributed by atoms with Gasteiger partial charge < -0.3 is 31.9 Å². The third-order valence-electron chi connectivity index (χ3n) is 4.71. The van der Waals surface area contributed by atoms with E-state index in [1.807, 2.05) is 0 Å². The molecule has 1 fully saturated rings. The molecular formula is C19H25F2N7O2S. The summed E-state index contributed by atoms with van der Waals surface area (Å²) in [5, 5.41) is 26.8. The van der Waals surface area contributed by atoms with Crippen molar-refractivity contribution in [1.29, 1.82) is 0 Å². The summed E-state index contributed by atoms with van der Waals surface area (Å²) in [6.45, 7) is 2.95. The zero-order chi connectivity index (χ0) is 22.8. The lowest BCUT2D eigenvalue weighted by Crippen LogP contribution is -2.60. The van der Waals surface area contributed by atoms with Crippen LogP contribution in [-0.2, 0) is 0 Å². The van der Waals surface area contributed by atoms with E-state index in [-0.39, 0.29) is 33.5 Å². The zero-order valence-corrected chi connectivity index (χ0v) is 17.9. The van der Waals surface area contributed by atoms with Gasteiger partial charge in [0, 0.05) is 26.3 Å². The minimum Gasteiger partial charge on any atom is -0.403 e. The maximum atomic E-state index is 14.1. The van der Waals surface area contributed by atoms with Gasteiger partial charge in [-0.1, -0.05) is 17.4 Å². The number of hydrogen-bond donors (Lipinski definition) is 6. The first-order valence-corrected chi connectivity index (χ1v) is 10.2. The van der Waals surface area contributed by atoms with E-state index >= 15 is 0 Å². The van der Waals surface area contributed by atoms with Crippen molar-refractivity contribution in [2.75, 3.05) is 32.4 Å². The van der Waals surface area contributed by atoms with Crippen molar-refractivity contribution in [3.8, 4) is 10.6 Å². The molecule has 8 N–H and O–H groups in total. The van der Waals surface area contributed by atoms with Crippen molar-refractivity contribution in [3.05, 3.63) is 47.4 Å². The first kappa shape index (κ1) is 22.9. The van der Waals surface area contributed by atoms with Gasteiger partial charge in [-0.2, -0.15) is 0 Å². The Balaban J connectivity index is 1.83. The van der Waals surface area contributed by atoms with Crippen LogP contribution >= 0.6 is 11.3 Å². The van der Waals surface area contributed by atoms with Crippen molar-refractivity contribution in [2.24, 2.45) is 10.7 Å². The second-order valence-electron chi connectivity index (χ2n) is 7.16. The fourth-order valence-electron chi connectivity index (χ4n) is 3.33. The van der Waals surface area contributed by atoms with E-state index in [4.69, 9.17) is 11.5 Å². The first-order valence-electron chi connectivity index (χ1n) is 9.43. The number of thiazole rings is 1. The molecule has 0 bridgehead atoms. The molecule has 1 aromatic heterocycles. The highest BCUT2D eigenvalue weighted by Gasteiger charge is 2.31. The highest BCUT2D eigenvalue weighted by Crippen LogP contribution is 2.35. The predicted molar refractivity (Wildman–Crippen MR) is 116 cm³/mol. The van der Waals surface area contributed by atoms with E-state index in [9.17, 15) is 19.0 Å². The normalized spacial score (nSPS) is 21.3. The van der Waals surface area contributed by atoms with Crippen LogP contribution in [0, 0.1) is 11.6 Å². The van der Waals surface area contributed by atoms with Crippen LogP contribution in [0.5, 0.6) is 0 Å². The molecule has 0 saturated carbocycles. The predicted octanol–water partition coefficient (Wildman–Crippen LogP) is 0.693. The maximum absolute atomic E-state index is 14.1. The Bertz CT molecular complexity index is 989. The fraction of sp³-hybridized carbons (Fsp3) is 0.368. The van der Waals surface area contributed by atoms with E-state index in [0.29, 0.717) is 18.9 Å². The van der Waals surface area contributed by atoms with Gasteiger partial charge in [0.1, 0.15) is 38.9 Å². The van der Waals surface area contributed by atoms with Gasteiger partial charge in [-0.15, -0.1) is 0 Å². The Hall–Kier alpha value is -2.80. The molecule has 0 aliphatic carbocycles. The number of anilines is 1. The SMILES string of the molecule is CN=C(/C(=C\N)NC(O)c1nc(-c2c(F)cccc2F)sc1N)N1CCNC(C)(O)C1. The lowest BCUT2D eigenvalue weighted by Gasteiger charge is -2.40. The Morgan fingerprint density at radius 1 is 1.45 bits per heavy atom. The lowest BCUT2D eigenvalue weighted by molar-refractivity contribution is -0.0153. The number of piperazine rings is 1. The van der Waals surface area contributed by atoms with E-state index in [2.05, 4.69) is 20.6 Å². The molecule has 1 aromatic carbocycles. The smallest absolute Gasteiger partial charge is 0.171 e. The summed E-state index contributed by atoms with van der Waals surface area (Å²) in [5.74, 6) is -1.15. The summed E-state index contributed by atoms with van der Waals surface area (Å²) in [5.41, 5.74) is 10.6. The van der Waals surface area contributed by atoms with Crippen molar-refractivity contribution in [3.63, 3.8) is 0 Å².